The van der Waals surface area contributed by atoms with E-state index in [4.69, 9.17) is 17.3 Å². The molecule has 0 aromatic heterocycles. The molecule has 0 aromatic carbocycles. The molecule has 0 radical (unpaired) electrons. The molecule has 0 saturated heterocycles. The maximum Gasteiger partial charge on any atom is 0.586 e. The fourth-order valence-corrected chi connectivity index (χ4v) is 4.10. The number of ether oxygens (including phenoxy) is 2. The number of aliphatic imine (C=N–C) groups is 2. The predicted octanol–water partition coefficient (Wildman–Crippen LogP) is 5.46. The average Bonchev–Trinajstić information content (AvgIpc) is 3.05. The van der Waals surface area contributed by atoms with Crippen LogP contribution in [0.1, 0.15) is 19.8 Å². The van der Waals surface area contributed by atoms with Gasteiger partial charge in [0.15, 0.2) is 11.5 Å². The zero-order valence-electron chi connectivity index (χ0n) is 20.7. The standard InChI is InChI=1S/C27H32ClF2N5O2/c1-4-23-24(37-27(29,30)36-23)12-7-14-32-26-33-15-13-19(3)25(34-26)35(5-2)16-8-10-21(18-31)20-9-6-11-22(28)17-20/h4-9,11-13,15-16,19,21-22H,1-2,10,14,17-18,31H2,3H3,(H,32,33)/b12-7-,16-8-. The number of nitrogens with one attached hydrogen (secondary N) is 1. The fourth-order valence-electron chi connectivity index (χ4n) is 3.84. The molecule has 3 rings (SSSR count). The van der Waals surface area contributed by atoms with Gasteiger partial charge in [-0.25, -0.2) is 4.99 Å². The van der Waals surface area contributed by atoms with Crippen LogP contribution < -0.4 is 11.1 Å². The summed E-state index contributed by atoms with van der Waals surface area (Å²) in [6, 6.07) is 0. The molecule has 3 N–H and O–H groups in total. The van der Waals surface area contributed by atoms with Gasteiger partial charge < -0.3 is 25.4 Å². The van der Waals surface area contributed by atoms with Crippen molar-refractivity contribution in [2.75, 3.05) is 13.1 Å². The molecule has 2 aliphatic heterocycles. The van der Waals surface area contributed by atoms with E-state index in [-0.39, 0.29) is 35.3 Å². The van der Waals surface area contributed by atoms with E-state index < -0.39 is 6.29 Å². The van der Waals surface area contributed by atoms with Crippen molar-refractivity contribution in [3.63, 3.8) is 0 Å². The summed E-state index contributed by atoms with van der Waals surface area (Å²) in [5.41, 5.74) is 7.27. The van der Waals surface area contributed by atoms with Gasteiger partial charge in [-0.05, 0) is 37.5 Å². The molecular weight excluding hydrogens is 500 g/mol. The molecule has 1 aliphatic carbocycles. The first-order valence-corrected chi connectivity index (χ1v) is 12.3. The van der Waals surface area contributed by atoms with Crippen LogP contribution in [0.5, 0.6) is 0 Å². The third-order valence-electron chi connectivity index (χ3n) is 5.74. The summed E-state index contributed by atoms with van der Waals surface area (Å²) in [5.74, 6) is 0.982. The fraction of sp³-hybridized carbons (Fsp3) is 0.333. The smallest absolute Gasteiger partial charge is 0.395 e. The van der Waals surface area contributed by atoms with E-state index in [2.05, 4.69) is 44.0 Å². The molecule has 198 valence electrons. The van der Waals surface area contributed by atoms with Gasteiger partial charge in [0.05, 0.1) is 11.9 Å². The van der Waals surface area contributed by atoms with Gasteiger partial charge in [-0.15, -0.1) is 20.4 Å². The number of alkyl halides is 3. The van der Waals surface area contributed by atoms with Crippen molar-refractivity contribution in [1.82, 2.24) is 10.2 Å². The summed E-state index contributed by atoms with van der Waals surface area (Å²) in [6.07, 6.45) is 17.3. The highest BCUT2D eigenvalue weighted by molar-refractivity contribution is 6.22. The normalized spacial score (nSPS) is 24.8. The Bertz CT molecular complexity index is 1100. The minimum Gasteiger partial charge on any atom is -0.395 e. The van der Waals surface area contributed by atoms with Crippen molar-refractivity contribution >= 4 is 23.4 Å². The summed E-state index contributed by atoms with van der Waals surface area (Å²) in [6.45, 7) is 10.1. The Kier molecular flexibility index (Phi) is 10.0. The SMILES string of the molecule is C=CC1=C(/C=C\CN=C2N=C(N(C=C)/C=C\CC(CN)C3=CC=CC(Cl)C3)C(C)C=CN2)OC(F)(F)O1. The van der Waals surface area contributed by atoms with Crippen molar-refractivity contribution in [1.29, 1.82) is 0 Å². The maximum absolute atomic E-state index is 13.3. The van der Waals surface area contributed by atoms with Crippen molar-refractivity contribution in [2.45, 2.75) is 31.4 Å². The number of nitrogens with zero attached hydrogens (tertiary/aromatic N) is 3. The summed E-state index contributed by atoms with van der Waals surface area (Å²) < 4.78 is 35.4. The van der Waals surface area contributed by atoms with Gasteiger partial charge in [0, 0.05) is 24.5 Å². The number of halogens is 3. The quantitative estimate of drug-likeness (QED) is 0.366. The lowest BCUT2D eigenvalue weighted by Crippen LogP contribution is -2.27. The average molecular weight is 532 g/mol. The molecule has 0 bridgehead atoms. The first kappa shape index (κ1) is 28.1. The second kappa shape index (κ2) is 13.2. The third kappa shape index (κ3) is 8.03. The number of hydrogen-bond acceptors (Lipinski definition) is 5. The molecule has 0 aromatic rings. The van der Waals surface area contributed by atoms with E-state index in [0.29, 0.717) is 18.3 Å². The molecule has 0 amide bonds. The minimum atomic E-state index is -3.71. The van der Waals surface area contributed by atoms with Crippen LogP contribution in [0.2, 0.25) is 0 Å². The molecule has 3 atom stereocenters. The van der Waals surface area contributed by atoms with E-state index >= 15 is 0 Å². The van der Waals surface area contributed by atoms with Gasteiger partial charge in [-0.2, -0.15) is 4.99 Å². The van der Waals surface area contributed by atoms with E-state index in [1.165, 1.54) is 11.6 Å². The Morgan fingerprint density at radius 2 is 2.11 bits per heavy atom. The van der Waals surface area contributed by atoms with Crippen LogP contribution >= 0.6 is 11.6 Å². The Labute approximate surface area is 221 Å². The van der Waals surface area contributed by atoms with Gasteiger partial charge in [-0.3, -0.25) is 0 Å². The van der Waals surface area contributed by atoms with Gasteiger partial charge in [-0.1, -0.05) is 62.1 Å². The predicted molar refractivity (Wildman–Crippen MR) is 144 cm³/mol. The largest absolute Gasteiger partial charge is 0.586 e. The van der Waals surface area contributed by atoms with E-state index in [1.807, 2.05) is 42.3 Å². The van der Waals surface area contributed by atoms with E-state index in [1.54, 1.807) is 18.5 Å². The second-order valence-corrected chi connectivity index (χ2v) is 8.98. The topological polar surface area (TPSA) is 84.5 Å². The van der Waals surface area contributed by atoms with Gasteiger partial charge in [0.2, 0.25) is 5.96 Å². The van der Waals surface area contributed by atoms with Gasteiger partial charge in [0.25, 0.3) is 0 Å². The zero-order chi connectivity index (χ0) is 26.8. The van der Waals surface area contributed by atoms with Crippen LogP contribution in [0, 0.1) is 11.8 Å². The Hall–Kier alpha value is -3.43. The number of guanidine groups is 1. The lowest BCUT2D eigenvalue weighted by Gasteiger charge is -2.22. The molecule has 10 heteroatoms. The van der Waals surface area contributed by atoms with Crippen LogP contribution in [-0.4, -0.2) is 41.5 Å². The first-order chi connectivity index (χ1) is 17.8. The van der Waals surface area contributed by atoms with E-state index in [9.17, 15) is 8.78 Å². The summed E-state index contributed by atoms with van der Waals surface area (Å²) in [4.78, 5) is 10.9. The Morgan fingerprint density at radius 3 is 2.81 bits per heavy atom. The molecule has 7 nitrogen and oxygen atoms in total. The summed E-state index contributed by atoms with van der Waals surface area (Å²) in [7, 11) is 0. The molecule has 0 spiro atoms. The molecule has 0 saturated carbocycles. The highest BCUT2D eigenvalue weighted by Crippen LogP contribution is 2.34. The van der Waals surface area contributed by atoms with Crippen LogP contribution in [0.3, 0.4) is 0 Å². The maximum atomic E-state index is 13.3. The number of nitrogens with two attached hydrogens (primary N) is 1. The Balaban J connectivity index is 1.68. The van der Waals surface area contributed by atoms with Crippen molar-refractivity contribution in [3.05, 3.63) is 97.5 Å². The number of hydrogen-bond donors (Lipinski definition) is 2. The van der Waals surface area contributed by atoms with Gasteiger partial charge >= 0.3 is 6.29 Å². The first-order valence-electron chi connectivity index (χ1n) is 11.9. The van der Waals surface area contributed by atoms with Crippen molar-refractivity contribution in [2.24, 2.45) is 27.6 Å². The number of amidine groups is 1. The zero-order valence-corrected chi connectivity index (χ0v) is 21.5. The molecule has 2 heterocycles. The lowest BCUT2D eigenvalue weighted by atomic mass is 9.89. The summed E-state index contributed by atoms with van der Waals surface area (Å²) in [5, 5.41) is 3.03. The lowest BCUT2D eigenvalue weighted by molar-refractivity contribution is -0.335. The Morgan fingerprint density at radius 1 is 1.32 bits per heavy atom. The molecule has 37 heavy (non-hydrogen) atoms. The van der Waals surface area contributed by atoms with Crippen LogP contribution in [0.25, 0.3) is 0 Å². The molecule has 3 aliphatic rings. The molecular formula is C27H32ClF2N5O2. The third-order valence-corrected chi connectivity index (χ3v) is 6.04. The highest BCUT2D eigenvalue weighted by Gasteiger charge is 2.43. The van der Waals surface area contributed by atoms with Gasteiger partial charge in [0.1, 0.15) is 5.84 Å². The summed E-state index contributed by atoms with van der Waals surface area (Å²) >= 11 is 6.27. The van der Waals surface area contributed by atoms with Crippen molar-refractivity contribution < 1.29 is 18.3 Å². The van der Waals surface area contributed by atoms with E-state index in [0.717, 1.165) is 18.9 Å². The van der Waals surface area contributed by atoms with Crippen LogP contribution in [0.15, 0.2) is 107 Å². The molecule has 3 unspecified atom stereocenters. The van der Waals surface area contributed by atoms with Crippen LogP contribution in [0.4, 0.5) is 8.78 Å². The highest BCUT2D eigenvalue weighted by atomic mass is 35.5. The van der Waals surface area contributed by atoms with Crippen LogP contribution in [-0.2, 0) is 9.47 Å². The van der Waals surface area contributed by atoms with Crippen molar-refractivity contribution in [3.8, 4) is 0 Å². The number of rotatable bonds is 10. The molecule has 0 fully saturated rings. The minimum absolute atomic E-state index is 0.00327. The monoisotopic (exact) mass is 531 g/mol. The number of allylic oxidation sites excluding steroid dienone is 6. The second-order valence-electron chi connectivity index (χ2n) is 8.42.